The third kappa shape index (κ3) is 8.15. The highest BCUT2D eigenvalue weighted by Gasteiger charge is 2.47. The summed E-state index contributed by atoms with van der Waals surface area (Å²) in [5.41, 5.74) is 0.660. The van der Waals surface area contributed by atoms with Crippen molar-refractivity contribution >= 4 is 34.0 Å². The minimum Gasteiger partial charge on any atom is -0.497 e. The molecule has 12 heteroatoms. The summed E-state index contributed by atoms with van der Waals surface area (Å²) in [5, 5.41) is 2.91. The fourth-order valence-electron chi connectivity index (χ4n) is 4.00. The first-order valence-corrected chi connectivity index (χ1v) is 13.5. The molecule has 7 nitrogen and oxygen atoms in total. The second-order valence-electron chi connectivity index (χ2n) is 8.39. The number of piperidine rings is 1. The largest absolute Gasteiger partial charge is 0.497 e. The van der Waals surface area contributed by atoms with E-state index in [2.05, 4.69) is 15.3 Å². The summed E-state index contributed by atoms with van der Waals surface area (Å²) >= 11 is 5.57. The molecule has 1 unspecified atom stereocenters. The van der Waals surface area contributed by atoms with E-state index in [1.54, 1.807) is 30.2 Å². The van der Waals surface area contributed by atoms with Crippen LogP contribution >= 0.6 is 11.6 Å². The number of methoxy groups -OCH3 is 2. The lowest BCUT2D eigenvalue weighted by Gasteiger charge is -2.44. The van der Waals surface area contributed by atoms with Crippen molar-refractivity contribution in [2.75, 3.05) is 45.8 Å². The average molecular weight is 589 g/mol. The Kier molecular flexibility index (Phi) is 13.3. The van der Waals surface area contributed by atoms with Gasteiger partial charge in [-0.1, -0.05) is 39.3 Å². The van der Waals surface area contributed by atoms with Gasteiger partial charge in [-0.3, -0.25) is 4.90 Å². The molecule has 2 aliphatic rings. The predicted octanol–water partition coefficient (Wildman–Crippen LogP) is 7.11. The summed E-state index contributed by atoms with van der Waals surface area (Å²) < 4.78 is 68.9. The molecule has 222 valence electrons. The molecule has 2 saturated heterocycles. The van der Waals surface area contributed by atoms with Gasteiger partial charge in [-0.2, -0.15) is 0 Å². The fourth-order valence-corrected chi connectivity index (χ4v) is 4.16. The maximum Gasteiger partial charge on any atom is 0.286 e. The lowest BCUT2D eigenvalue weighted by atomic mass is 10.0. The average Bonchev–Trinajstić information content (AvgIpc) is 2.94. The van der Waals surface area contributed by atoms with Gasteiger partial charge in [-0.05, 0) is 30.7 Å². The van der Waals surface area contributed by atoms with E-state index < -0.39 is 28.7 Å². The zero-order chi connectivity index (χ0) is 29.9. The van der Waals surface area contributed by atoms with Gasteiger partial charge < -0.3 is 19.5 Å². The first-order chi connectivity index (χ1) is 19.2. The summed E-state index contributed by atoms with van der Waals surface area (Å²) in [7, 11) is 2.90. The summed E-state index contributed by atoms with van der Waals surface area (Å²) in [5.74, 6) is -3.38. The minimum atomic E-state index is -2.72. The van der Waals surface area contributed by atoms with E-state index >= 15 is 0 Å². The molecule has 2 fully saturated rings. The molecule has 0 saturated carbocycles. The van der Waals surface area contributed by atoms with Crippen LogP contribution in [0.25, 0.3) is 10.9 Å². The molecule has 5 rings (SSSR count). The first kappa shape index (κ1) is 33.5. The number of rotatable bonds is 5. The number of benzene rings is 2. The fraction of sp³-hybridized carbons (Fsp3) is 0.500. The maximum atomic E-state index is 14.0. The summed E-state index contributed by atoms with van der Waals surface area (Å²) in [6.07, 6.45) is 0.826. The van der Waals surface area contributed by atoms with Gasteiger partial charge in [0, 0.05) is 25.1 Å². The molecular formula is C28H37ClF4N4O3. The molecule has 1 atom stereocenters. The minimum absolute atomic E-state index is 0.0298. The Bertz CT molecular complexity index is 1220. The molecule has 0 spiro atoms. The number of fused-ring (bicyclic) bond motifs is 1. The van der Waals surface area contributed by atoms with Crippen molar-refractivity contribution in [3.8, 4) is 5.75 Å². The van der Waals surface area contributed by atoms with E-state index in [0.29, 0.717) is 48.6 Å². The highest BCUT2D eigenvalue weighted by molar-refractivity contribution is 6.31. The van der Waals surface area contributed by atoms with Gasteiger partial charge in [-0.25, -0.2) is 27.5 Å². The lowest BCUT2D eigenvalue weighted by molar-refractivity contribution is -0.186. The number of anilines is 2. The van der Waals surface area contributed by atoms with Gasteiger partial charge >= 0.3 is 0 Å². The van der Waals surface area contributed by atoms with Gasteiger partial charge in [0.05, 0.1) is 44.1 Å². The van der Waals surface area contributed by atoms with Crippen LogP contribution in [0, 0.1) is 11.6 Å². The van der Waals surface area contributed by atoms with Gasteiger partial charge in [0.15, 0.2) is 5.82 Å². The molecule has 3 aromatic rings. The van der Waals surface area contributed by atoms with Gasteiger partial charge in [-0.15, -0.1) is 0 Å². The van der Waals surface area contributed by atoms with E-state index in [1.165, 1.54) is 19.5 Å². The van der Waals surface area contributed by atoms with Crippen LogP contribution in [-0.2, 0) is 9.47 Å². The van der Waals surface area contributed by atoms with E-state index in [-0.39, 0.29) is 18.3 Å². The molecule has 2 aliphatic heterocycles. The lowest BCUT2D eigenvalue weighted by Crippen LogP contribution is -2.59. The van der Waals surface area contributed by atoms with Crippen LogP contribution in [-0.4, -0.2) is 73.5 Å². The van der Waals surface area contributed by atoms with Crippen LogP contribution in [0.4, 0.5) is 29.1 Å². The standard InChI is InChI=1S/C15H10ClF2N3O.C9H15F2NO2.2C2H6/c1-22-8-2-3-9-12(6-8)19-7-20-15(9)21-11-5-4-10(17)13(16)14(11)18;1-13-8-2-3-12(6-9(8,10)11)7-4-14-5-7;2*1-2/h2-7H,1H3,(H,19,20,21);7-8H,2-6H2,1H3;2*1-2H3. The predicted molar refractivity (Wildman–Crippen MR) is 150 cm³/mol. The Labute approximate surface area is 237 Å². The van der Waals surface area contributed by atoms with Crippen LogP contribution in [0.5, 0.6) is 5.75 Å². The van der Waals surface area contributed by atoms with Crippen molar-refractivity contribution in [1.29, 1.82) is 0 Å². The smallest absolute Gasteiger partial charge is 0.286 e. The first-order valence-electron chi connectivity index (χ1n) is 13.1. The van der Waals surface area contributed by atoms with Crippen LogP contribution in [0.15, 0.2) is 36.7 Å². The molecule has 0 aliphatic carbocycles. The van der Waals surface area contributed by atoms with Gasteiger partial charge in [0.25, 0.3) is 5.92 Å². The van der Waals surface area contributed by atoms with E-state index in [0.717, 1.165) is 6.07 Å². The molecule has 0 amide bonds. The van der Waals surface area contributed by atoms with E-state index in [9.17, 15) is 17.6 Å². The molecule has 0 radical (unpaired) electrons. The number of halogens is 5. The maximum absolute atomic E-state index is 14.0. The highest BCUT2D eigenvalue weighted by atomic mass is 35.5. The van der Waals surface area contributed by atoms with Crippen LogP contribution in [0.2, 0.25) is 5.02 Å². The van der Waals surface area contributed by atoms with Crippen molar-refractivity contribution in [2.24, 2.45) is 0 Å². The number of aromatic nitrogens is 2. The Morgan fingerprint density at radius 3 is 2.33 bits per heavy atom. The van der Waals surface area contributed by atoms with Crippen LogP contribution in [0.3, 0.4) is 0 Å². The van der Waals surface area contributed by atoms with Crippen molar-refractivity contribution in [3.63, 3.8) is 0 Å². The van der Waals surface area contributed by atoms with E-state index in [1.807, 2.05) is 27.7 Å². The molecule has 3 heterocycles. The highest BCUT2D eigenvalue weighted by Crippen LogP contribution is 2.32. The second-order valence-corrected chi connectivity index (χ2v) is 8.77. The Morgan fingerprint density at radius 2 is 1.75 bits per heavy atom. The number of alkyl halides is 2. The number of hydrogen-bond acceptors (Lipinski definition) is 7. The molecule has 2 aromatic carbocycles. The molecular weight excluding hydrogens is 552 g/mol. The van der Waals surface area contributed by atoms with Crippen LogP contribution in [0.1, 0.15) is 34.1 Å². The topological polar surface area (TPSA) is 68.7 Å². The van der Waals surface area contributed by atoms with Crippen molar-refractivity contribution in [3.05, 3.63) is 53.3 Å². The number of likely N-dealkylation sites (tertiary alicyclic amines) is 1. The van der Waals surface area contributed by atoms with Gasteiger partial charge in [0.2, 0.25) is 0 Å². The molecule has 1 aromatic heterocycles. The Hall–Kier alpha value is -2.73. The Morgan fingerprint density at radius 1 is 1.05 bits per heavy atom. The van der Waals surface area contributed by atoms with Crippen LogP contribution < -0.4 is 10.1 Å². The zero-order valence-corrected chi connectivity index (χ0v) is 24.4. The molecule has 1 N–H and O–H groups in total. The number of ether oxygens (including phenoxy) is 3. The number of hydrogen-bond donors (Lipinski definition) is 1. The SMILES string of the molecule is CC.CC.COC1CCN(C2COC2)CC1(F)F.COc1ccc2c(Nc3ccc(F)c(Cl)c3F)ncnc2c1. The summed E-state index contributed by atoms with van der Waals surface area (Å²) in [4.78, 5) is 10.0. The second kappa shape index (κ2) is 15.9. The van der Waals surface area contributed by atoms with Crippen molar-refractivity contribution in [1.82, 2.24) is 14.9 Å². The normalized spacial score (nSPS) is 18.1. The zero-order valence-electron chi connectivity index (χ0n) is 23.6. The summed E-state index contributed by atoms with van der Waals surface area (Å²) in [6.45, 7) is 9.67. The monoisotopic (exact) mass is 588 g/mol. The molecule has 0 bridgehead atoms. The van der Waals surface area contributed by atoms with Gasteiger partial charge in [0.1, 0.15) is 34.8 Å². The van der Waals surface area contributed by atoms with Crippen molar-refractivity contribution in [2.45, 2.75) is 52.2 Å². The third-order valence-electron chi connectivity index (χ3n) is 6.12. The summed E-state index contributed by atoms with van der Waals surface area (Å²) in [6, 6.07) is 7.76. The van der Waals surface area contributed by atoms with Crippen molar-refractivity contribution < 1.29 is 31.8 Å². The molecule has 40 heavy (non-hydrogen) atoms. The third-order valence-corrected chi connectivity index (χ3v) is 6.46. The number of nitrogens with one attached hydrogen (secondary N) is 1. The Balaban J connectivity index is 0.000000268. The number of nitrogens with zero attached hydrogens (tertiary/aromatic N) is 3. The quantitative estimate of drug-likeness (QED) is 0.252. The van der Waals surface area contributed by atoms with E-state index in [4.69, 9.17) is 25.8 Å².